The predicted octanol–water partition coefficient (Wildman–Crippen LogP) is 3.33. The Bertz CT molecular complexity index is 474. The van der Waals surface area contributed by atoms with Crippen LogP contribution in [-0.2, 0) is 0 Å². The summed E-state index contributed by atoms with van der Waals surface area (Å²) >= 11 is 5.98. The second kappa shape index (κ2) is 3.14. The molecule has 0 aliphatic rings. The van der Waals surface area contributed by atoms with Crippen LogP contribution in [0.15, 0.2) is 18.2 Å². The maximum absolute atomic E-state index is 11.1. The molecule has 0 saturated heterocycles. The monoisotopic (exact) mass is 207 g/mol. The maximum atomic E-state index is 11.1. The zero-order chi connectivity index (χ0) is 10.3. The van der Waals surface area contributed by atoms with Gasteiger partial charge in [-0.3, -0.25) is 4.79 Å². The third kappa shape index (κ3) is 1.42. The Morgan fingerprint density at radius 2 is 2.07 bits per heavy atom. The van der Waals surface area contributed by atoms with Gasteiger partial charge in [0.15, 0.2) is 5.78 Å². The Balaban J connectivity index is 2.72. The molecule has 2 rings (SSSR count). The van der Waals surface area contributed by atoms with Crippen molar-refractivity contribution in [3.8, 4) is 0 Å². The summed E-state index contributed by atoms with van der Waals surface area (Å²) in [4.78, 5) is 14.2. The Morgan fingerprint density at radius 3 is 2.71 bits per heavy atom. The van der Waals surface area contributed by atoms with E-state index in [1.165, 1.54) is 0 Å². The molecule has 0 aliphatic heterocycles. The van der Waals surface area contributed by atoms with E-state index in [0.29, 0.717) is 5.69 Å². The van der Waals surface area contributed by atoms with E-state index in [9.17, 15) is 4.79 Å². The average molecular weight is 208 g/mol. The Hall–Kier alpha value is -1.28. The first-order chi connectivity index (χ1) is 6.58. The molecule has 2 aromatic rings. The molecule has 0 spiro atoms. The number of aryl methyl sites for hydroxylation is 1. The Kier molecular flexibility index (Phi) is 2.08. The summed E-state index contributed by atoms with van der Waals surface area (Å²) in [5, 5.41) is 1.71. The maximum Gasteiger partial charge on any atom is 0.175 e. The molecule has 1 N–H and O–H groups in total. The molecule has 0 radical (unpaired) electrons. The van der Waals surface area contributed by atoms with Gasteiger partial charge in [0, 0.05) is 22.8 Å². The van der Waals surface area contributed by atoms with Crippen molar-refractivity contribution in [1.29, 1.82) is 0 Å². The van der Waals surface area contributed by atoms with Gasteiger partial charge in [0.25, 0.3) is 0 Å². The van der Waals surface area contributed by atoms with Crippen LogP contribution >= 0.6 is 11.6 Å². The van der Waals surface area contributed by atoms with E-state index in [2.05, 4.69) is 4.98 Å². The number of nitrogens with one attached hydrogen (secondary N) is 1. The molecule has 1 aromatic carbocycles. The Labute approximate surface area is 86.9 Å². The van der Waals surface area contributed by atoms with Crippen molar-refractivity contribution in [2.75, 3.05) is 0 Å². The van der Waals surface area contributed by atoms with Crippen molar-refractivity contribution in [3.05, 3.63) is 34.5 Å². The van der Waals surface area contributed by atoms with Crippen LogP contribution in [-0.4, -0.2) is 10.8 Å². The SMILES string of the molecule is CC(=O)c1cc2cc(Cl)c(C)cc2[nH]1. The minimum atomic E-state index is 0.0370. The van der Waals surface area contributed by atoms with Crippen molar-refractivity contribution in [2.24, 2.45) is 0 Å². The number of aromatic amines is 1. The van der Waals surface area contributed by atoms with Crippen LogP contribution in [0.1, 0.15) is 23.0 Å². The summed E-state index contributed by atoms with van der Waals surface area (Å²) in [5.41, 5.74) is 2.59. The zero-order valence-corrected chi connectivity index (χ0v) is 8.77. The molecule has 0 amide bonds. The number of carbonyl (C=O) groups is 1. The topological polar surface area (TPSA) is 32.9 Å². The fourth-order valence-electron chi connectivity index (χ4n) is 1.45. The second-order valence-corrected chi connectivity index (χ2v) is 3.84. The van der Waals surface area contributed by atoms with Gasteiger partial charge in [-0.25, -0.2) is 0 Å². The van der Waals surface area contributed by atoms with Crippen LogP contribution in [0.2, 0.25) is 5.02 Å². The highest BCUT2D eigenvalue weighted by Crippen LogP contribution is 2.23. The van der Waals surface area contributed by atoms with Gasteiger partial charge < -0.3 is 4.98 Å². The lowest BCUT2D eigenvalue weighted by Gasteiger charge is -1.96. The molecule has 0 fully saturated rings. The highest BCUT2D eigenvalue weighted by Gasteiger charge is 2.06. The van der Waals surface area contributed by atoms with Gasteiger partial charge in [0.1, 0.15) is 0 Å². The first kappa shape index (κ1) is 9.28. The number of carbonyl (C=O) groups excluding carboxylic acids is 1. The summed E-state index contributed by atoms with van der Waals surface area (Å²) < 4.78 is 0. The van der Waals surface area contributed by atoms with Gasteiger partial charge in [0.05, 0.1) is 5.69 Å². The van der Waals surface area contributed by atoms with E-state index in [4.69, 9.17) is 11.6 Å². The van der Waals surface area contributed by atoms with E-state index in [1.807, 2.05) is 25.1 Å². The molecule has 0 unspecified atom stereocenters. The standard InChI is InChI=1S/C11H10ClNO/c1-6-3-11-8(4-9(6)12)5-10(13-11)7(2)14/h3-5,13H,1-2H3. The van der Waals surface area contributed by atoms with Gasteiger partial charge >= 0.3 is 0 Å². The quantitative estimate of drug-likeness (QED) is 0.715. The van der Waals surface area contributed by atoms with Crippen molar-refractivity contribution in [3.63, 3.8) is 0 Å². The molecule has 0 atom stereocenters. The second-order valence-electron chi connectivity index (χ2n) is 3.43. The van der Waals surface area contributed by atoms with Crippen LogP contribution in [0.25, 0.3) is 10.9 Å². The number of halogens is 1. The fraction of sp³-hybridized carbons (Fsp3) is 0.182. The van der Waals surface area contributed by atoms with Crippen molar-refractivity contribution >= 4 is 28.3 Å². The largest absolute Gasteiger partial charge is 0.352 e. The lowest BCUT2D eigenvalue weighted by molar-refractivity contribution is 0.101. The molecule has 3 heteroatoms. The Morgan fingerprint density at radius 1 is 1.36 bits per heavy atom. The van der Waals surface area contributed by atoms with E-state index >= 15 is 0 Å². The first-order valence-electron chi connectivity index (χ1n) is 4.38. The number of ketones is 1. The summed E-state index contributed by atoms with van der Waals surface area (Å²) in [6.07, 6.45) is 0. The average Bonchev–Trinajstić information content (AvgIpc) is 2.48. The fourth-order valence-corrected chi connectivity index (χ4v) is 1.62. The summed E-state index contributed by atoms with van der Waals surface area (Å²) in [7, 11) is 0. The van der Waals surface area contributed by atoms with Gasteiger partial charge in [-0.1, -0.05) is 11.6 Å². The number of Topliss-reactive ketones (excluding diaryl/α,β-unsaturated/α-hetero) is 1. The van der Waals surface area contributed by atoms with Crippen LogP contribution in [0, 0.1) is 6.92 Å². The summed E-state index contributed by atoms with van der Waals surface area (Å²) in [6.45, 7) is 3.48. The smallest absolute Gasteiger partial charge is 0.175 e. The van der Waals surface area contributed by atoms with Crippen LogP contribution in [0.5, 0.6) is 0 Å². The number of hydrogen-bond acceptors (Lipinski definition) is 1. The molecular formula is C11H10ClNO. The van der Waals surface area contributed by atoms with E-state index < -0.39 is 0 Å². The normalized spacial score (nSPS) is 10.8. The third-order valence-electron chi connectivity index (χ3n) is 2.28. The number of aromatic nitrogens is 1. The zero-order valence-electron chi connectivity index (χ0n) is 8.02. The minimum absolute atomic E-state index is 0.0370. The molecule has 1 heterocycles. The lowest BCUT2D eigenvalue weighted by atomic mass is 10.2. The minimum Gasteiger partial charge on any atom is -0.352 e. The highest BCUT2D eigenvalue weighted by atomic mass is 35.5. The number of fused-ring (bicyclic) bond motifs is 1. The summed E-state index contributed by atoms with van der Waals surface area (Å²) in [6, 6.07) is 5.64. The van der Waals surface area contributed by atoms with E-state index in [0.717, 1.165) is 21.5 Å². The lowest BCUT2D eigenvalue weighted by Crippen LogP contribution is -1.89. The van der Waals surface area contributed by atoms with Crippen molar-refractivity contribution < 1.29 is 4.79 Å². The molecule has 14 heavy (non-hydrogen) atoms. The number of rotatable bonds is 1. The predicted molar refractivity (Wildman–Crippen MR) is 58.1 cm³/mol. The van der Waals surface area contributed by atoms with Crippen LogP contribution < -0.4 is 0 Å². The van der Waals surface area contributed by atoms with E-state index in [1.54, 1.807) is 6.92 Å². The van der Waals surface area contributed by atoms with Gasteiger partial charge in [-0.2, -0.15) is 0 Å². The highest BCUT2D eigenvalue weighted by molar-refractivity contribution is 6.32. The van der Waals surface area contributed by atoms with Gasteiger partial charge in [0.2, 0.25) is 0 Å². The van der Waals surface area contributed by atoms with Crippen molar-refractivity contribution in [2.45, 2.75) is 13.8 Å². The molecule has 72 valence electrons. The van der Waals surface area contributed by atoms with E-state index in [-0.39, 0.29) is 5.78 Å². The number of benzene rings is 1. The molecular weight excluding hydrogens is 198 g/mol. The molecule has 1 aromatic heterocycles. The van der Waals surface area contributed by atoms with Crippen LogP contribution in [0.4, 0.5) is 0 Å². The van der Waals surface area contributed by atoms with Crippen LogP contribution in [0.3, 0.4) is 0 Å². The van der Waals surface area contributed by atoms with Gasteiger partial charge in [-0.05, 0) is 30.7 Å². The number of H-pyrrole nitrogens is 1. The first-order valence-corrected chi connectivity index (χ1v) is 4.75. The molecule has 0 bridgehead atoms. The molecule has 0 aliphatic carbocycles. The third-order valence-corrected chi connectivity index (χ3v) is 2.69. The summed E-state index contributed by atoms with van der Waals surface area (Å²) in [5.74, 6) is 0.0370. The number of hydrogen-bond donors (Lipinski definition) is 1. The van der Waals surface area contributed by atoms with Crippen molar-refractivity contribution in [1.82, 2.24) is 4.98 Å². The van der Waals surface area contributed by atoms with Gasteiger partial charge in [-0.15, -0.1) is 0 Å². The molecule has 2 nitrogen and oxygen atoms in total. The molecule has 0 saturated carbocycles.